The van der Waals surface area contributed by atoms with Crippen LogP contribution in [0.5, 0.6) is 0 Å². The van der Waals surface area contributed by atoms with Crippen molar-refractivity contribution in [2.75, 3.05) is 13.1 Å². The monoisotopic (exact) mass is 333 g/mol. The molecule has 1 saturated heterocycles. The van der Waals surface area contributed by atoms with E-state index in [0.717, 1.165) is 55.1 Å². The summed E-state index contributed by atoms with van der Waals surface area (Å²) in [6.45, 7) is 1.13. The first kappa shape index (κ1) is 16.1. The van der Waals surface area contributed by atoms with Gasteiger partial charge in [-0.3, -0.25) is 4.79 Å². The fourth-order valence-electron chi connectivity index (χ4n) is 3.84. The van der Waals surface area contributed by atoms with Gasteiger partial charge in [-0.05, 0) is 66.4 Å². The highest BCUT2D eigenvalue weighted by Crippen LogP contribution is 2.48. The lowest BCUT2D eigenvalue weighted by Crippen LogP contribution is -2.43. The standard InChI is InChI=1S/C18H20ClNO3/c19-15-3-1-13(2-4-15)16-5-6-18(11-14(16)12-21)7-9-20(10-8-18)17(22)23/h1-4,12H,5-11H2,(H,22,23). The highest BCUT2D eigenvalue weighted by atomic mass is 35.5. The average molecular weight is 334 g/mol. The summed E-state index contributed by atoms with van der Waals surface area (Å²) in [4.78, 5) is 24.2. The van der Waals surface area contributed by atoms with E-state index < -0.39 is 6.09 Å². The largest absolute Gasteiger partial charge is 0.465 e. The summed E-state index contributed by atoms with van der Waals surface area (Å²) in [5.41, 5.74) is 3.12. The number of halogens is 1. The lowest BCUT2D eigenvalue weighted by Gasteiger charge is -2.44. The van der Waals surface area contributed by atoms with E-state index in [1.807, 2.05) is 24.3 Å². The fraction of sp³-hybridized carbons (Fsp3) is 0.444. The second kappa shape index (κ2) is 6.36. The molecule has 2 aliphatic rings. The maximum Gasteiger partial charge on any atom is 0.407 e. The number of likely N-dealkylation sites (tertiary alicyclic amines) is 1. The van der Waals surface area contributed by atoms with Gasteiger partial charge in [0.15, 0.2) is 0 Å². The van der Waals surface area contributed by atoms with E-state index in [1.54, 1.807) is 0 Å². The van der Waals surface area contributed by atoms with Crippen molar-refractivity contribution in [2.45, 2.75) is 32.1 Å². The summed E-state index contributed by atoms with van der Waals surface area (Å²) in [7, 11) is 0. The van der Waals surface area contributed by atoms with Crippen molar-refractivity contribution in [3.63, 3.8) is 0 Å². The number of carbonyl (C=O) groups is 2. The van der Waals surface area contributed by atoms with Gasteiger partial charge in [0.1, 0.15) is 6.29 Å². The summed E-state index contributed by atoms with van der Waals surface area (Å²) in [5.74, 6) is 0. The van der Waals surface area contributed by atoms with Crippen LogP contribution in [0.3, 0.4) is 0 Å². The zero-order chi connectivity index (χ0) is 16.4. The molecule has 1 amide bonds. The molecule has 4 nitrogen and oxygen atoms in total. The minimum atomic E-state index is -0.844. The Morgan fingerprint density at radius 1 is 1.17 bits per heavy atom. The first-order valence-electron chi connectivity index (χ1n) is 7.94. The van der Waals surface area contributed by atoms with Crippen molar-refractivity contribution in [1.82, 2.24) is 4.90 Å². The number of carboxylic acid groups (broad SMARTS) is 1. The van der Waals surface area contributed by atoms with Gasteiger partial charge < -0.3 is 10.0 Å². The predicted octanol–water partition coefficient (Wildman–Crippen LogP) is 4.24. The lowest BCUT2D eigenvalue weighted by molar-refractivity contribution is -0.105. The van der Waals surface area contributed by atoms with Crippen molar-refractivity contribution in [1.29, 1.82) is 0 Å². The van der Waals surface area contributed by atoms with Crippen LogP contribution in [0.25, 0.3) is 5.57 Å². The van der Waals surface area contributed by atoms with Crippen LogP contribution in [0, 0.1) is 5.41 Å². The smallest absolute Gasteiger partial charge is 0.407 e. The van der Waals surface area contributed by atoms with E-state index in [2.05, 4.69) is 0 Å². The van der Waals surface area contributed by atoms with E-state index in [0.29, 0.717) is 18.1 Å². The number of amides is 1. The molecule has 3 rings (SSSR count). The number of hydrogen-bond donors (Lipinski definition) is 1. The normalized spacial score (nSPS) is 20.7. The summed E-state index contributed by atoms with van der Waals surface area (Å²) < 4.78 is 0. The van der Waals surface area contributed by atoms with Gasteiger partial charge >= 0.3 is 6.09 Å². The summed E-state index contributed by atoms with van der Waals surface area (Å²) in [5, 5.41) is 9.78. The number of carbonyl (C=O) groups excluding carboxylic acids is 1. The van der Waals surface area contributed by atoms with Crippen LogP contribution in [0.4, 0.5) is 4.79 Å². The Balaban J connectivity index is 1.80. The molecule has 0 unspecified atom stereocenters. The average Bonchev–Trinajstić information content (AvgIpc) is 2.56. The molecular weight excluding hydrogens is 314 g/mol. The van der Waals surface area contributed by atoms with Gasteiger partial charge in [0.25, 0.3) is 0 Å². The van der Waals surface area contributed by atoms with Crippen molar-refractivity contribution >= 4 is 29.6 Å². The predicted molar refractivity (Wildman–Crippen MR) is 89.6 cm³/mol. The van der Waals surface area contributed by atoms with E-state index in [9.17, 15) is 9.59 Å². The van der Waals surface area contributed by atoms with E-state index in [1.165, 1.54) is 4.90 Å². The van der Waals surface area contributed by atoms with Crippen LogP contribution in [0.15, 0.2) is 29.8 Å². The topological polar surface area (TPSA) is 57.6 Å². The molecule has 0 radical (unpaired) electrons. The number of hydrogen-bond acceptors (Lipinski definition) is 2. The Morgan fingerprint density at radius 3 is 2.39 bits per heavy atom. The van der Waals surface area contributed by atoms with Crippen molar-refractivity contribution in [3.8, 4) is 0 Å². The molecule has 0 atom stereocenters. The van der Waals surface area contributed by atoms with Gasteiger partial charge in [0.2, 0.25) is 0 Å². The van der Waals surface area contributed by atoms with E-state index >= 15 is 0 Å². The third-order valence-electron chi connectivity index (χ3n) is 5.29. The molecule has 122 valence electrons. The Kier molecular flexibility index (Phi) is 4.44. The molecule has 1 aliphatic carbocycles. The van der Waals surface area contributed by atoms with E-state index in [-0.39, 0.29) is 5.41 Å². The molecule has 1 fully saturated rings. The highest BCUT2D eigenvalue weighted by molar-refractivity contribution is 6.30. The third kappa shape index (κ3) is 3.27. The first-order valence-corrected chi connectivity index (χ1v) is 8.32. The van der Waals surface area contributed by atoms with Crippen LogP contribution in [-0.2, 0) is 4.79 Å². The highest BCUT2D eigenvalue weighted by Gasteiger charge is 2.39. The molecule has 1 aliphatic heterocycles. The molecular formula is C18H20ClNO3. The van der Waals surface area contributed by atoms with Gasteiger partial charge in [-0.2, -0.15) is 0 Å². The first-order chi connectivity index (χ1) is 11.0. The Bertz CT molecular complexity index is 643. The molecule has 5 heteroatoms. The number of aldehydes is 1. The number of nitrogens with zero attached hydrogens (tertiary/aromatic N) is 1. The lowest BCUT2D eigenvalue weighted by atomic mass is 9.66. The minimum Gasteiger partial charge on any atom is -0.465 e. The second-order valence-corrected chi connectivity index (χ2v) is 7.01. The number of benzene rings is 1. The van der Waals surface area contributed by atoms with Gasteiger partial charge in [0, 0.05) is 18.1 Å². The van der Waals surface area contributed by atoms with Gasteiger partial charge in [0.05, 0.1) is 0 Å². The Hall–Kier alpha value is -1.81. The quantitative estimate of drug-likeness (QED) is 0.824. The number of rotatable bonds is 2. The van der Waals surface area contributed by atoms with Crippen LogP contribution >= 0.6 is 11.6 Å². The minimum absolute atomic E-state index is 0.0815. The molecule has 1 spiro atoms. The molecule has 0 bridgehead atoms. The summed E-state index contributed by atoms with van der Waals surface area (Å²) in [6, 6.07) is 7.63. The SMILES string of the molecule is O=CC1=C(c2ccc(Cl)cc2)CCC2(CCN(C(=O)O)CC2)C1. The van der Waals surface area contributed by atoms with Crippen molar-refractivity contribution in [3.05, 3.63) is 40.4 Å². The number of piperidine rings is 1. The third-order valence-corrected chi connectivity index (χ3v) is 5.54. The van der Waals surface area contributed by atoms with Crippen LogP contribution in [0.1, 0.15) is 37.7 Å². The van der Waals surface area contributed by atoms with Gasteiger partial charge in [-0.15, -0.1) is 0 Å². The van der Waals surface area contributed by atoms with Crippen molar-refractivity contribution in [2.24, 2.45) is 5.41 Å². The molecule has 23 heavy (non-hydrogen) atoms. The summed E-state index contributed by atoms with van der Waals surface area (Å²) >= 11 is 5.94. The molecule has 1 aromatic rings. The molecule has 1 aromatic carbocycles. The Morgan fingerprint density at radius 2 is 1.83 bits per heavy atom. The number of allylic oxidation sites excluding steroid dienone is 2. The Labute approximate surface area is 140 Å². The molecule has 0 aromatic heterocycles. The van der Waals surface area contributed by atoms with Crippen LogP contribution < -0.4 is 0 Å². The summed E-state index contributed by atoms with van der Waals surface area (Å²) in [6.07, 6.45) is 4.44. The molecule has 0 saturated carbocycles. The fourth-order valence-corrected chi connectivity index (χ4v) is 3.97. The zero-order valence-electron chi connectivity index (χ0n) is 12.9. The molecule has 1 heterocycles. The second-order valence-electron chi connectivity index (χ2n) is 6.57. The van der Waals surface area contributed by atoms with Gasteiger partial charge in [-0.25, -0.2) is 4.79 Å². The van der Waals surface area contributed by atoms with E-state index in [4.69, 9.17) is 16.7 Å². The maximum absolute atomic E-state index is 11.6. The van der Waals surface area contributed by atoms with Crippen molar-refractivity contribution < 1.29 is 14.7 Å². The molecule has 1 N–H and O–H groups in total. The zero-order valence-corrected chi connectivity index (χ0v) is 13.7. The van der Waals surface area contributed by atoms with Crippen LogP contribution in [-0.4, -0.2) is 35.5 Å². The van der Waals surface area contributed by atoms with Crippen LogP contribution in [0.2, 0.25) is 5.02 Å². The van der Waals surface area contributed by atoms with Gasteiger partial charge in [-0.1, -0.05) is 23.7 Å². The maximum atomic E-state index is 11.6.